The zero-order valence-electron chi connectivity index (χ0n) is 15.3. The summed E-state index contributed by atoms with van der Waals surface area (Å²) in [6.07, 6.45) is 3.47. The van der Waals surface area contributed by atoms with E-state index < -0.39 is 0 Å². The van der Waals surface area contributed by atoms with Crippen molar-refractivity contribution in [3.05, 3.63) is 52.6 Å². The lowest BCUT2D eigenvalue weighted by atomic mass is 9.96. The molecule has 0 aliphatic carbocycles. The Morgan fingerprint density at radius 2 is 2.08 bits per heavy atom. The van der Waals surface area contributed by atoms with E-state index in [4.69, 9.17) is 21.4 Å². The van der Waals surface area contributed by atoms with Crippen molar-refractivity contribution in [3.8, 4) is 11.1 Å². The Kier molecular flexibility index (Phi) is 5.57. The molecule has 0 amide bonds. The van der Waals surface area contributed by atoms with Gasteiger partial charge in [0.15, 0.2) is 0 Å². The predicted octanol–water partition coefficient (Wildman–Crippen LogP) is 4.42. The van der Waals surface area contributed by atoms with Gasteiger partial charge in [-0.25, -0.2) is 9.50 Å². The summed E-state index contributed by atoms with van der Waals surface area (Å²) in [5.74, 6) is -0.199. The molecule has 0 saturated carbocycles. The van der Waals surface area contributed by atoms with Gasteiger partial charge in [0.25, 0.3) is 0 Å². The Morgan fingerprint density at radius 3 is 2.77 bits per heavy atom. The van der Waals surface area contributed by atoms with Crippen LogP contribution in [0.2, 0.25) is 5.15 Å². The van der Waals surface area contributed by atoms with Crippen LogP contribution in [0.3, 0.4) is 0 Å². The lowest BCUT2D eigenvalue weighted by molar-refractivity contribution is -0.143. The van der Waals surface area contributed by atoms with Crippen LogP contribution >= 0.6 is 11.6 Å². The Hall–Kier alpha value is -2.40. The van der Waals surface area contributed by atoms with Crippen LogP contribution < -0.4 is 0 Å². The molecule has 0 saturated heterocycles. The standard InChI is InChI=1S/C20H22ClN3O2/c1-4-15-6-8-17-20(14-10-11-22-18(21)12-14)16(13(3)23-24(15)17)7-9-19(25)26-5-2/h6,8,10-12H,4-5,7,9H2,1-3H3. The number of hydrogen-bond donors (Lipinski definition) is 0. The quantitative estimate of drug-likeness (QED) is 0.475. The van der Waals surface area contributed by atoms with Gasteiger partial charge in [0.05, 0.1) is 17.8 Å². The summed E-state index contributed by atoms with van der Waals surface area (Å²) in [6.45, 7) is 6.29. The van der Waals surface area contributed by atoms with E-state index in [-0.39, 0.29) is 5.97 Å². The number of fused-ring (bicyclic) bond motifs is 1. The number of nitrogens with zero attached hydrogens (tertiary/aromatic N) is 3. The smallest absolute Gasteiger partial charge is 0.306 e. The van der Waals surface area contributed by atoms with Gasteiger partial charge >= 0.3 is 5.97 Å². The van der Waals surface area contributed by atoms with Crippen molar-refractivity contribution in [1.82, 2.24) is 14.6 Å². The number of aromatic nitrogens is 3. The molecule has 5 nitrogen and oxygen atoms in total. The summed E-state index contributed by atoms with van der Waals surface area (Å²) >= 11 is 6.13. The Labute approximate surface area is 158 Å². The molecule has 0 atom stereocenters. The van der Waals surface area contributed by atoms with Crippen LogP contribution in [0.4, 0.5) is 0 Å². The molecule has 0 aliphatic heterocycles. The number of aryl methyl sites for hydroxylation is 2. The molecule has 0 N–H and O–H groups in total. The maximum Gasteiger partial charge on any atom is 0.306 e. The fourth-order valence-electron chi connectivity index (χ4n) is 3.24. The van der Waals surface area contributed by atoms with E-state index in [1.807, 2.05) is 30.5 Å². The zero-order chi connectivity index (χ0) is 18.7. The topological polar surface area (TPSA) is 56.5 Å². The van der Waals surface area contributed by atoms with Crippen LogP contribution in [0.15, 0.2) is 30.5 Å². The number of carbonyl (C=O) groups is 1. The van der Waals surface area contributed by atoms with E-state index in [1.165, 1.54) is 0 Å². The second-order valence-corrected chi connectivity index (χ2v) is 6.47. The van der Waals surface area contributed by atoms with Crippen molar-refractivity contribution < 1.29 is 9.53 Å². The van der Waals surface area contributed by atoms with E-state index in [0.717, 1.165) is 40.0 Å². The molecule has 0 aromatic carbocycles. The first-order chi connectivity index (χ1) is 12.5. The number of carbonyl (C=O) groups excluding carboxylic acids is 1. The van der Waals surface area contributed by atoms with Crippen LogP contribution in [0, 0.1) is 6.92 Å². The highest BCUT2D eigenvalue weighted by Crippen LogP contribution is 2.33. The van der Waals surface area contributed by atoms with Gasteiger partial charge in [-0.15, -0.1) is 0 Å². The molecule has 3 heterocycles. The number of halogens is 1. The van der Waals surface area contributed by atoms with Crippen LogP contribution in [-0.4, -0.2) is 27.2 Å². The summed E-state index contributed by atoms with van der Waals surface area (Å²) in [4.78, 5) is 16.0. The molecule has 26 heavy (non-hydrogen) atoms. The first kappa shape index (κ1) is 18.4. The van der Waals surface area contributed by atoms with E-state index in [0.29, 0.717) is 24.6 Å². The number of ether oxygens (including phenoxy) is 1. The van der Waals surface area contributed by atoms with Crippen molar-refractivity contribution in [1.29, 1.82) is 0 Å². The van der Waals surface area contributed by atoms with Gasteiger partial charge in [0.2, 0.25) is 0 Å². The highest BCUT2D eigenvalue weighted by molar-refractivity contribution is 6.29. The van der Waals surface area contributed by atoms with Gasteiger partial charge < -0.3 is 4.74 Å². The second kappa shape index (κ2) is 7.87. The predicted molar refractivity (Wildman–Crippen MR) is 103 cm³/mol. The van der Waals surface area contributed by atoms with Crippen molar-refractivity contribution in [2.75, 3.05) is 6.61 Å². The maximum absolute atomic E-state index is 11.9. The lowest BCUT2D eigenvalue weighted by Gasteiger charge is -2.15. The number of pyridine rings is 1. The van der Waals surface area contributed by atoms with Crippen LogP contribution in [-0.2, 0) is 22.4 Å². The van der Waals surface area contributed by atoms with Crippen LogP contribution in [0.1, 0.15) is 37.2 Å². The molecule has 3 aromatic heterocycles. The van der Waals surface area contributed by atoms with E-state index in [1.54, 1.807) is 6.20 Å². The average Bonchev–Trinajstić information content (AvgIpc) is 3.02. The third kappa shape index (κ3) is 3.58. The minimum absolute atomic E-state index is 0.199. The molecule has 0 unspecified atom stereocenters. The second-order valence-electron chi connectivity index (χ2n) is 6.09. The van der Waals surface area contributed by atoms with Gasteiger partial charge in [0.1, 0.15) is 5.15 Å². The van der Waals surface area contributed by atoms with Crippen LogP contribution in [0.25, 0.3) is 16.6 Å². The van der Waals surface area contributed by atoms with Crippen molar-refractivity contribution in [3.63, 3.8) is 0 Å². The van der Waals surface area contributed by atoms with Crippen LogP contribution in [0.5, 0.6) is 0 Å². The SMILES string of the molecule is CCOC(=O)CCc1c(C)nn2c(CC)ccc2c1-c1ccnc(Cl)c1. The molecule has 0 spiro atoms. The summed E-state index contributed by atoms with van der Waals surface area (Å²) in [5, 5.41) is 5.19. The minimum Gasteiger partial charge on any atom is -0.466 e. The first-order valence-corrected chi connectivity index (χ1v) is 9.20. The van der Waals surface area contributed by atoms with Crippen molar-refractivity contribution in [2.24, 2.45) is 0 Å². The summed E-state index contributed by atoms with van der Waals surface area (Å²) in [5.41, 5.74) is 6.10. The average molecular weight is 372 g/mol. The summed E-state index contributed by atoms with van der Waals surface area (Å²) in [7, 11) is 0. The largest absolute Gasteiger partial charge is 0.466 e. The molecular weight excluding hydrogens is 350 g/mol. The van der Waals surface area contributed by atoms with Gasteiger partial charge in [-0.05, 0) is 62.1 Å². The Balaban J connectivity index is 2.17. The number of esters is 1. The molecule has 3 rings (SSSR count). The molecule has 0 fully saturated rings. The van der Waals surface area contributed by atoms with E-state index >= 15 is 0 Å². The molecular formula is C20H22ClN3O2. The highest BCUT2D eigenvalue weighted by atomic mass is 35.5. The molecule has 136 valence electrons. The van der Waals surface area contributed by atoms with E-state index in [2.05, 4.69) is 24.0 Å². The monoisotopic (exact) mass is 371 g/mol. The first-order valence-electron chi connectivity index (χ1n) is 8.82. The fraction of sp³-hybridized carbons (Fsp3) is 0.350. The van der Waals surface area contributed by atoms with Gasteiger partial charge in [-0.1, -0.05) is 18.5 Å². The molecule has 3 aromatic rings. The summed E-state index contributed by atoms with van der Waals surface area (Å²) < 4.78 is 7.06. The van der Waals surface area contributed by atoms with Crippen molar-refractivity contribution in [2.45, 2.75) is 40.0 Å². The van der Waals surface area contributed by atoms with Gasteiger partial charge in [-0.2, -0.15) is 5.10 Å². The summed E-state index contributed by atoms with van der Waals surface area (Å²) in [6, 6.07) is 7.95. The normalized spacial score (nSPS) is 11.1. The van der Waals surface area contributed by atoms with Gasteiger partial charge in [-0.3, -0.25) is 4.79 Å². The molecule has 6 heteroatoms. The van der Waals surface area contributed by atoms with Crippen molar-refractivity contribution >= 4 is 23.1 Å². The minimum atomic E-state index is -0.199. The zero-order valence-corrected chi connectivity index (χ0v) is 16.0. The molecule has 0 aliphatic rings. The Morgan fingerprint density at radius 1 is 1.27 bits per heavy atom. The van der Waals surface area contributed by atoms with Gasteiger partial charge in [0, 0.05) is 23.9 Å². The lowest BCUT2D eigenvalue weighted by Crippen LogP contribution is -2.10. The maximum atomic E-state index is 11.9. The Bertz CT molecular complexity index is 950. The fourth-order valence-corrected chi connectivity index (χ4v) is 3.41. The third-order valence-corrected chi connectivity index (χ3v) is 4.65. The highest BCUT2D eigenvalue weighted by Gasteiger charge is 2.18. The molecule has 0 radical (unpaired) electrons. The molecule has 0 bridgehead atoms. The van der Waals surface area contributed by atoms with E-state index in [9.17, 15) is 4.79 Å². The number of rotatable bonds is 6. The third-order valence-electron chi connectivity index (χ3n) is 4.44. The number of hydrogen-bond acceptors (Lipinski definition) is 4.